The number of hydrogen-bond donors (Lipinski definition) is 0. The van der Waals surface area contributed by atoms with Crippen molar-refractivity contribution in [2.75, 3.05) is 14.2 Å². The van der Waals surface area contributed by atoms with Crippen molar-refractivity contribution in [2.45, 2.75) is 38.5 Å². The van der Waals surface area contributed by atoms with Crippen LogP contribution in [-0.4, -0.2) is 26.2 Å². The molecule has 0 saturated carbocycles. The van der Waals surface area contributed by atoms with E-state index in [1.54, 1.807) is 0 Å². The number of rotatable bonds is 5. The van der Waals surface area contributed by atoms with Gasteiger partial charge in [-0.3, -0.25) is 9.59 Å². The maximum Gasteiger partial charge on any atom is 0.306 e. The molecule has 1 unspecified atom stereocenters. The van der Waals surface area contributed by atoms with Gasteiger partial charge in [0.15, 0.2) is 0 Å². The molecule has 1 aliphatic rings. The molecule has 4 heteroatoms. The molecular weight excluding hydrogens is 268 g/mol. The van der Waals surface area contributed by atoms with E-state index in [1.807, 2.05) is 12.1 Å². The molecule has 21 heavy (non-hydrogen) atoms. The van der Waals surface area contributed by atoms with Crippen LogP contribution in [0.5, 0.6) is 0 Å². The fourth-order valence-electron chi connectivity index (χ4n) is 3.17. The minimum Gasteiger partial charge on any atom is -0.469 e. The molecule has 0 radical (unpaired) electrons. The van der Waals surface area contributed by atoms with Crippen LogP contribution in [0.1, 0.15) is 36.8 Å². The van der Waals surface area contributed by atoms with Crippen molar-refractivity contribution in [2.24, 2.45) is 5.41 Å². The second-order valence-corrected chi connectivity index (χ2v) is 5.77. The van der Waals surface area contributed by atoms with Gasteiger partial charge in [0.25, 0.3) is 0 Å². The van der Waals surface area contributed by atoms with E-state index in [2.05, 4.69) is 12.1 Å². The normalized spacial score (nSPS) is 20.5. The molecule has 1 aliphatic carbocycles. The number of carbonyl (C=O) groups is 2. The van der Waals surface area contributed by atoms with Gasteiger partial charge in [-0.05, 0) is 42.2 Å². The lowest BCUT2D eigenvalue weighted by Crippen LogP contribution is -2.32. The van der Waals surface area contributed by atoms with E-state index in [0.29, 0.717) is 19.3 Å². The standard InChI is InChI=1S/C17H22O4/c1-20-15(18)8-10-17(12-16(19)21-2)9-7-13-5-3-4-6-14(13)11-17/h3-6H,7-12H2,1-2H3. The summed E-state index contributed by atoms with van der Waals surface area (Å²) in [7, 11) is 2.80. The van der Waals surface area contributed by atoms with Crippen molar-refractivity contribution in [1.82, 2.24) is 0 Å². The zero-order valence-electron chi connectivity index (χ0n) is 12.7. The van der Waals surface area contributed by atoms with Crippen LogP contribution >= 0.6 is 0 Å². The number of benzene rings is 1. The second-order valence-electron chi connectivity index (χ2n) is 5.77. The van der Waals surface area contributed by atoms with Crippen LogP contribution in [0.25, 0.3) is 0 Å². The Morgan fingerprint density at radius 1 is 1.10 bits per heavy atom. The average molecular weight is 290 g/mol. The van der Waals surface area contributed by atoms with Crippen molar-refractivity contribution < 1.29 is 19.1 Å². The van der Waals surface area contributed by atoms with E-state index in [4.69, 9.17) is 9.47 Å². The van der Waals surface area contributed by atoms with Gasteiger partial charge >= 0.3 is 11.9 Å². The molecule has 0 heterocycles. The molecule has 0 amide bonds. The minimum atomic E-state index is -0.224. The molecule has 0 spiro atoms. The van der Waals surface area contributed by atoms with Gasteiger partial charge in [0.2, 0.25) is 0 Å². The molecule has 0 fully saturated rings. The van der Waals surface area contributed by atoms with Crippen LogP contribution in [0.15, 0.2) is 24.3 Å². The van der Waals surface area contributed by atoms with Crippen molar-refractivity contribution in [3.05, 3.63) is 35.4 Å². The lowest BCUT2D eigenvalue weighted by molar-refractivity contribution is -0.146. The summed E-state index contributed by atoms with van der Waals surface area (Å²) in [6, 6.07) is 8.31. The molecule has 0 bridgehead atoms. The Balaban J connectivity index is 2.17. The quantitative estimate of drug-likeness (QED) is 0.782. The summed E-state index contributed by atoms with van der Waals surface area (Å²) in [6.07, 6.45) is 4.01. The summed E-state index contributed by atoms with van der Waals surface area (Å²) >= 11 is 0. The Bertz CT molecular complexity index is 523. The summed E-state index contributed by atoms with van der Waals surface area (Å²) in [4.78, 5) is 23.2. The van der Waals surface area contributed by atoms with Gasteiger partial charge in [0, 0.05) is 6.42 Å². The minimum absolute atomic E-state index is 0.199. The topological polar surface area (TPSA) is 52.6 Å². The third-order valence-electron chi connectivity index (χ3n) is 4.44. The van der Waals surface area contributed by atoms with Gasteiger partial charge in [-0.1, -0.05) is 24.3 Å². The Hall–Kier alpha value is -1.84. The Morgan fingerprint density at radius 3 is 2.43 bits per heavy atom. The second kappa shape index (κ2) is 6.74. The molecule has 0 aliphatic heterocycles. The summed E-state index contributed by atoms with van der Waals surface area (Å²) in [6.45, 7) is 0. The number of methoxy groups -OCH3 is 2. The average Bonchev–Trinajstić information content (AvgIpc) is 2.52. The van der Waals surface area contributed by atoms with Gasteiger partial charge in [0.1, 0.15) is 0 Å². The molecule has 1 aromatic carbocycles. The molecule has 2 rings (SSSR count). The third-order valence-corrected chi connectivity index (χ3v) is 4.44. The summed E-state index contributed by atoms with van der Waals surface area (Å²) in [5.74, 6) is -0.433. The SMILES string of the molecule is COC(=O)CCC1(CC(=O)OC)CCc2ccccc2C1. The molecule has 114 valence electrons. The highest BCUT2D eigenvalue weighted by Crippen LogP contribution is 2.42. The Morgan fingerprint density at radius 2 is 1.76 bits per heavy atom. The van der Waals surface area contributed by atoms with Gasteiger partial charge in [-0.15, -0.1) is 0 Å². The fraction of sp³-hybridized carbons (Fsp3) is 0.529. The van der Waals surface area contributed by atoms with Crippen molar-refractivity contribution in [3.63, 3.8) is 0 Å². The predicted octanol–water partition coefficient (Wildman–Crippen LogP) is 2.68. The first kappa shape index (κ1) is 15.5. The maximum atomic E-state index is 11.8. The van der Waals surface area contributed by atoms with Crippen LogP contribution < -0.4 is 0 Å². The van der Waals surface area contributed by atoms with E-state index in [0.717, 1.165) is 19.3 Å². The zero-order valence-corrected chi connectivity index (χ0v) is 12.7. The number of esters is 2. The third kappa shape index (κ3) is 3.84. The number of carbonyl (C=O) groups excluding carboxylic acids is 2. The van der Waals surface area contributed by atoms with E-state index in [1.165, 1.54) is 25.3 Å². The lowest BCUT2D eigenvalue weighted by atomic mass is 9.67. The monoisotopic (exact) mass is 290 g/mol. The number of ether oxygens (including phenoxy) is 2. The van der Waals surface area contributed by atoms with E-state index in [9.17, 15) is 9.59 Å². The zero-order chi connectivity index (χ0) is 15.3. The van der Waals surface area contributed by atoms with E-state index in [-0.39, 0.29) is 17.4 Å². The van der Waals surface area contributed by atoms with Crippen molar-refractivity contribution in [3.8, 4) is 0 Å². The van der Waals surface area contributed by atoms with E-state index < -0.39 is 0 Å². The van der Waals surface area contributed by atoms with Gasteiger partial charge in [-0.2, -0.15) is 0 Å². The highest BCUT2D eigenvalue weighted by Gasteiger charge is 2.37. The lowest BCUT2D eigenvalue weighted by Gasteiger charge is -2.37. The van der Waals surface area contributed by atoms with Gasteiger partial charge < -0.3 is 9.47 Å². The molecule has 0 N–H and O–H groups in total. The molecular formula is C17H22O4. The van der Waals surface area contributed by atoms with Crippen molar-refractivity contribution in [1.29, 1.82) is 0 Å². The van der Waals surface area contributed by atoms with Gasteiger partial charge in [0.05, 0.1) is 20.6 Å². The fourth-order valence-corrected chi connectivity index (χ4v) is 3.17. The van der Waals surface area contributed by atoms with Crippen LogP contribution in [-0.2, 0) is 31.9 Å². The van der Waals surface area contributed by atoms with Crippen LogP contribution in [0.2, 0.25) is 0 Å². The predicted molar refractivity (Wildman–Crippen MR) is 78.8 cm³/mol. The van der Waals surface area contributed by atoms with E-state index >= 15 is 0 Å². The number of hydrogen-bond acceptors (Lipinski definition) is 4. The Kier molecular flexibility index (Phi) is 4.99. The molecule has 0 aromatic heterocycles. The van der Waals surface area contributed by atoms with Crippen LogP contribution in [0.4, 0.5) is 0 Å². The molecule has 1 aromatic rings. The summed E-state index contributed by atoms with van der Waals surface area (Å²) in [5, 5.41) is 0. The van der Waals surface area contributed by atoms with Gasteiger partial charge in [-0.25, -0.2) is 0 Å². The summed E-state index contributed by atoms with van der Waals surface area (Å²) in [5.41, 5.74) is 2.42. The van der Waals surface area contributed by atoms with Crippen molar-refractivity contribution >= 4 is 11.9 Å². The van der Waals surface area contributed by atoms with Crippen LogP contribution in [0.3, 0.4) is 0 Å². The van der Waals surface area contributed by atoms with Crippen LogP contribution in [0, 0.1) is 5.41 Å². The first-order chi connectivity index (χ1) is 10.1. The molecule has 0 saturated heterocycles. The summed E-state index contributed by atoms with van der Waals surface area (Å²) < 4.78 is 9.58. The molecule has 1 atom stereocenters. The number of fused-ring (bicyclic) bond motifs is 1. The smallest absolute Gasteiger partial charge is 0.306 e. The largest absolute Gasteiger partial charge is 0.469 e. The maximum absolute atomic E-state index is 11.8. The highest BCUT2D eigenvalue weighted by molar-refractivity contribution is 5.71. The molecule has 4 nitrogen and oxygen atoms in total. The first-order valence-corrected chi connectivity index (χ1v) is 7.29. The number of aryl methyl sites for hydroxylation is 1. The highest BCUT2D eigenvalue weighted by atomic mass is 16.5. The first-order valence-electron chi connectivity index (χ1n) is 7.29. The Labute approximate surface area is 125 Å².